The summed E-state index contributed by atoms with van der Waals surface area (Å²) in [5.41, 5.74) is 0.648. The Morgan fingerprint density at radius 1 is 1.50 bits per heavy atom. The van der Waals surface area contributed by atoms with Crippen molar-refractivity contribution in [2.24, 2.45) is 0 Å². The number of hydrogen-bond donors (Lipinski definition) is 1. The zero-order valence-electron chi connectivity index (χ0n) is 9.60. The van der Waals surface area contributed by atoms with Crippen LogP contribution in [0.25, 0.3) is 0 Å². The van der Waals surface area contributed by atoms with Crippen LogP contribution in [0, 0.1) is 5.82 Å². The van der Waals surface area contributed by atoms with E-state index in [1.165, 1.54) is 12.1 Å². The molecule has 1 aliphatic rings. The molecule has 16 heavy (non-hydrogen) atoms. The van der Waals surface area contributed by atoms with E-state index in [0.717, 1.165) is 17.7 Å². The minimum atomic E-state index is -0.241. The molecule has 1 unspecified atom stereocenters. The molecule has 0 bridgehead atoms. The Bertz CT molecular complexity index is 420. The predicted molar refractivity (Wildman–Crippen MR) is 65.2 cm³/mol. The first-order valence-corrected chi connectivity index (χ1v) is 6.07. The highest BCUT2D eigenvalue weighted by Gasteiger charge is 2.34. The van der Waals surface area contributed by atoms with Crippen LogP contribution in [0.5, 0.6) is 5.75 Å². The largest absolute Gasteiger partial charge is 0.486 e. The Hall–Kier alpha value is -0.610. The molecule has 0 fully saturated rings. The van der Waals surface area contributed by atoms with Crippen molar-refractivity contribution in [1.29, 1.82) is 0 Å². The fraction of sp³-hybridized carbons (Fsp3) is 0.500. The van der Waals surface area contributed by atoms with Gasteiger partial charge in [0.2, 0.25) is 0 Å². The summed E-state index contributed by atoms with van der Waals surface area (Å²) in [6.45, 7) is 4.08. The number of ether oxygens (including phenoxy) is 1. The average molecular weight is 288 g/mol. The summed E-state index contributed by atoms with van der Waals surface area (Å²) >= 11 is 3.35. The van der Waals surface area contributed by atoms with Crippen LogP contribution in [0.2, 0.25) is 0 Å². The molecular weight excluding hydrogens is 273 g/mol. The monoisotopic (exact) mass is 287 g/mol. The normalized spacial score (nSPS) is 22.4. The number of fused-ring (bicyclic) bond motifs is 1. The van der Waals surface area contributed by atoms with E-state index in [9.17, 15) is 4.39 Å². The molecule has 0 spiro atoms. The first-order valence-electron chi connectivity index (χ1n) is 5.28. The minimum Gasteiger partial charge on any atom is -0.486 e. The Morgan fingerprint density at radius 3 is 2.81 bits per heavy atom. The van der Waals surface area contributed by atoms with Crippen molar-refractivity contribution in [3.8, 4) is 5.75 Å². The maximum atomic E-state index is 13.3. The Balaban J connectivity index is 2.54. The van der Waals surface area contributed by atoms with Gasteiger partial charge in [-0.25, -0.2) is 4.39 Å². The first-order chi connectivity index (χ1) is 7.43. The number of hydrogen-bond acceptors (Lipinski definition) is 2. The number of rotatable bonds is 1. The van der Waals surface area contributed by atoms with Crippen LogP contribution in [-0.4, -0.2) is 12.6 Å². The predicted octanol–water partition coefficient (Wildman–Crippen LogP) is 3.41. The lowest BCUT2D eigenvalue weighted by atomic mass is 9.90. The summed E-state index contributed by atoms with van der Waals surface area (Å²) in [5, 5.41) is 3.20. The summed E-state index contributed by atoms with van der Waals surface area (Å²) in [6.07, 6.45) is 0.826. The number of halogens is 2. The third-order valence-corrected chi connectivity index (χ3v) is 3.42. The van der Waals surface area contributed by atoms with Crippen molar-refractivity contribution in [2.45, 2.75) is 31.9 Å². The first kappa shape index (κ1) is 11.9. The van der Waals surface area contributed by atoms with Gasteiger partial charge in [0.15, 0.2) is 0 Å². The number of benzene rings is 1. The van der Waals surface area contributed by atoms with E-state index in [0.29, 0.717) is 4.47 Å². The standard InChI is InChI=1S/C12H15BrFNO/c1-12(2)6-10(15-3)8-4-7(14)5-9(13)11(8)16-12/h4-5,10,15H,6H2,1-3H3. The van der Waals surface area contributed by atoms with Crippen LogP contribution in [-0.2, 0) is 0 Å². The van der Waals surface area contributed by atoms with Crippen molar-refractivity contribution in [3.05, 3.63) is 28.0 Å². The smallest absolute Gasteiger partial charge is 0.139 e. The van der Waals surface area contributed by atoms with Crippen LogP contribution >= 0.6 is 15.9 Å². The lowest BCUT2D eigenvalue weighted by Gasteiger charge is -2.38. The molecule has 0 saturated heterocycles. The van der Waals surface area contributed by atoms with Gasteiger partial charge in [-0.15, -0.1) is 0 Å². The second-order valence-electron chi connectivity index (χ2n) is 4.71. The maximum absolute atomic E-state index is 13.3. The van der Waals surface area contributed by atoms with Crippen LogP contribution in [0.3, 0.4) is 0 Å². The minimum absolute atomic E-state index is 0.130. The molecule has 0 aromatic heterocycles. The summed E-state index contributed by atoms with van der Waals surface area (Å²) in [4.78, 5) is 0. The second kappa shape index (κ2) is 4.00. The Labute approximate surface area is 103 Å². The van der Waals surface area contributed by atoms with E-state index in [2.05, 4.69) is 21.2 Å². The SMILES string of the molecule is CNC1CC(C)(C)Oc2c(Br)cc(F)cc21. The Kier molecular flexibility index (Phi) is 2.97. The van der Waals surface area contributed by atoms with Gasteiger partial charge in [-0.2, -0.15) is 0 Å². The highest BCUT2D eigenvalue weighted by atomic mass is 79.9. The highest BCUT2D eigenvalue weighted by Crippen LogP contribution is 2.43. The van der Waals surface area contributed by atoms with Crippen LogP contribution < -0.4 is 10.1 Å². The van der Waals surface area contributed by atoms with Gasteiger partial charge in [0, 0.05) is 18.0 Å². The molecule has 1 N–H and O–H groups in total. The molecular formula is C12H15BrFNO. The molecule has 1 atom stereocenters. The second-order valence-corrected chi connectivity index (χ2v) is 5.57. The molecule has 2 rings (SSSR count). The maximum Gasteiger partial charge on any atom is 0.139 e. The van der Waals surface area contributed by atoms with Gasteiger partial charge in [0.1, 0.15) is 17.2 Å². The Morgan fingerprint density at radius 2 is 2.19 bits per heavy atom. The van der Waals surface area contributed by atoms with Gasteiger partial charge >= 0.3 is 0 Å². The fourth-order valence-electron chi connectivity index (χ4n) is 2.12. The molecule has 2 nitrogen and oxygen atoms in total. The van der Waals surface area contributed by atoms with Crippen LogP contribution in [0.15, 0.2) is 16.6 Å². The summed E-state index contributed by atoms with van der Waals surface area (Å²) in [7, 11) is 1.88. The van der Waals surface area contributed by atoms with Crippen molar-refractivity contribution in [3.63, 3.8) is 0 Å². The van der Waals surface area contributed by atoms with Crippen molar-refractivity contribution in [1.82, 2.24) is 5.32 Å². The van der Waals surface area contributed by atoms with Crippen molar-refractivity contribution >= 4 is 15.9 Å². The lowest BCUT2D eigenvalue weighted by molar-refractivity contribution is 0.0662. The highest BCUT2D eigenvalue weighted by molar-refractivity contribution is 9.10. The molecule has 1 aromatic carbocycles. The molecule has 1 heterocycles. The molecule has 0 saturated carbocycles. The number of nitrogens with one attached hydrogen (secondary N) is 1. The van der Waals surface area contributed by atoms with Gasteiger partial charge in [-0.05, 0) is 49.0 Å². The van der Waals surface area contributed by atoms with Crippen molar-refractivity contribution in [2.75, 3.05) is 7.05 Å². The topological polar surface area (TPSA) is 21.3 Å². The van der Waals surface area contributed by atoms with E-state index >= 15 is 0 Å². The average Bonchev–Trinajstić information content (AvgIpc) is 2.18. The van der Waals surface area contributed by atoms with Crippen molar-refractivity contribution < 1.29 is 9.13 Å². The summed E-state index contributed by atoms with van der Waals surface area (Å²) < 4.78 is 19.9. The summed E-state index contributed by atoms with van der Waals surface area (Å²) in [5.74, 6) is 0.506. The summed E-state index contributed by atoms with van der Waals surface area (Å²) in [6, 6.07) is 3.11. The van der Waals surface area contributed by atoms with Gasteiger partial charge in [-0.1, -0.05) is 0 Å². The zero-order valence-corrected chi connectivity index (χ0v) is 11.2. The molecule has 0 aliphatic carbocycles. The van der Waals surface area contributed by atoms with Crippen LogP contribution in [0.1, 0.15) is 31.9 Å². The molecule has 1 aromatic rings. The molecule has 1 aliphatic heterocycles. The van der Waals surface area contributed by atoms with Gasteiger partial charge in [0.25, 0.3) is 0 Å². The van der Waals surface area contributed by atoms with Gasteiger partial charge in [0.05, 0.1) is 4.47 Å². The fourth-order valence-corrected chi connectivity index (χ4v) is 2.65. The van der Waals surface area contributed by atoms with E-state index in [1.807, 2.05) is 20.9 Å². The quantitative estimate of drug-likeness (QED) is 0.855. The third kappa shape index (κ3) is 2.09. The van der Waals surface area contributed by atoms with Gasteiger partial charge in [-0.3, -0.25) is 0 Å². The molecule has 0 radical (unpaired) electrons. The van der Waals surface area contributed by atoms with E-state index in [1.54, 1.807) is 0 Å². The van der Waals surface area contributed by atoms with Crippen LogP contribution in [0.4, 0.5) is 4.39 Å². The van der Waals surface area contributed by atoms with E-state index in [-0.39, 0.29) is 17.5 Å². The van der Waals surface area contributed by atoms with E-state index < -0.39 is 0 Å². The van der Waals surface area contributed by atoms with E-state index in [4.69, 9.17) is 4.74 Å². The molecule has 4 heteroatoms. The lowest BCUT2D eigenvalue weighted by Crippen LogP contribution is -2.38. The third-order valence-electron chi connectivity index (χ3n) is 2.84. The molecule has 88 valence electrons. The zero-order chi connectivity index (χ0) is 11.9. The van der Waals surface area contributed by atoms with Gasteiger partial charge < -0.3 is 10.1 Å². The molecule has 0 amide bonds.